The van der Waals surface area contributed by atoms with Gasteiger partial charge >= 0.3 is 0 Å². The Morgan fingerprint density at radius 3 is 2.64 bits per heavy atom. The molecule has 0 aliphatic carbocycles. The van der Waals surface area contributed by atoms with E-state index in [1.807, 2.05) is 65.4 Å². The van der Waals surface area contributed by atoms with Crippen molar-refractivity contribution in [3.8, 4) is 5.75 Å². The number of carbonyl (C=O) groups excluding carboxylic acids is 3. The highest BCUT2D eigenvalue weighted by Gasteiger charge is 2.35. The SMILES string of the molecule is O=C(Cn1cc(/C=C2\SC(=O)N(CCOc3ccccc3)C2=O)c2ccccc21)NCc1ccco1. The number of furan rings is 1. The Bertz CT molecular complexity index is 1430. The monoisotopic (exact) mass is 501 g/mol. The summed E-state index contributed by atoms with van der Waals surface area (Å²) in [7, 11) is 0. The smallest absolute Gasteiger partial charge is 0.293 e. The van der Waals surface area contributed by atoms with Crippen molar-refractivity contribution in [3.05, 3.63) is 95.4 Å². The van der Waals surface area contributed by atoms with Gasteiger partial charge in [0.1, 0.15) is 24.7 Å². The van der Waals surface area contributed by atoms with E-state index in [4.69, 9.17) is 9.15 Å². The summed E-state index contributed by atoms with van der Waals surface area (Å²) in [5.41, 5.74) is 1.61. The van der Waals surface area contributed by atoms with Gasteiger partial charge in [-0.15, -0.1) is 0 Å². The van der Waals surface area contributed by atoms with E-state index in [0.29, 0.717) is 23.0 Å². The quantitative estimate of drug-likeness (QED) is 0.335. The van der Waals surface area contributed by atoms with Crippen LogP contribution in [-0.4, -0.2) is 39.7 Å². The topological polar surface area (TPSA) is 93.8 Å². The van der Waals surface area contributed by atoms with Gasteiger partial charge in [0, 0.05) is 22.7 Å². The largest absolute Gasteiger partial charge is 0.492 e. The second kappa shape index (κ2) is 10.6. The molecule has 5 rings (SSSR count). The van der Waals surface area contributed by atoms with Crippen molar-refractivity contribution in [2.24, 2.45) is 0 Å². The molecule has 0 atom stereocenters. The molecule has 3 amide bonds. The van der Waals surface area contributed by atoms with Gasteiger partial charge < -0.3 is 19.0 Å². The van der Waals surface area contributed by atoms with Crippen molar-refractivity contribution in [1.29, 1.82) is 0 Å². The summed E-state index contributed by atoms with van der Waals surface area (Å²) >= 11 is 0.905. The number of fused-ring (bicyclic) bond motifs is 1. The number of amides is 3. The lowest BCUT2D eigenvalue weighted by Crippen LogP contribution is -2.32. The second-order valence-electron chi connectivity index (χ2n) is 8.08. The molecular formula is C27H23N3O5S. The molecule has 1 saturated heterocycles. The lowest BCUT2D eigenvalue weighted by Gasteiger charge is -2.13. The molecule has 0 radical (unpaired) electrons. The van der Waals surface area contributed by atoms with Gasteiger partial charge in [-0.2, -0.15) is 0 Å². The highest BCUT2D eigenvalue weighted by atomic mass is 32.2. The Hall–Kier alpha value is -4.24. The molecule has 0 spiro atoms. The van der Waals surface area contributed by atoms with Crippen molar-refractivity contribution >= 4 is 45.8 Å². The molecule has 36 heavy (non-hydrogen) atoms. The Balaban J connectivity index is 1.29. The Morgan fingerprint density at radius 2 is 1.83 bits per heavy atom. The molecule has 0 unspecified atom stereocenters. The maximum absolute atomic E-state index is 13.0. The Labute approximate surface area is 211 Å². The van der Waals surface area contributed by atoms with Crippen molar-refractivity contribution in [1.82, 2.24) is 14.8 Å². The van der Waals surface area contributed by atoms with Gasteiger partial charge in [0.05, 0.1) is 24.3 Å². The van der Waals surface area contributed by atoms with Gasteiger partial charge in [-0.1, -0.05) is 36.4 Å². The van der Waals surface area contributed by atoms with Gasteiger partial charge in [-0.25, -0.2) is 0 Å². The number of hydrogen-bond donors (Lipinski definition) is 1. The number of ether oxygens (including phenoxy) is 1. The van der Waals surface area contributed by atoms with Crippen LogP contribution in [0.25, 0.3) is 17.0 Å². The van der Waals surface area contributed by atoms with E-state index in [2.05, 4.69) is 5.32 Å². The van der Waals surface area contributed by atoms with Crippen molar-refractivity contribution in [2.45, 2.75) is 13.1 Å². The van der Waals surface area contributed by atoms with E-state index in [-0.39, 0.29) is 36.7 Å². The molecule has 0 saturated carbocycles. The number of carbonyl (C=O) groups is 3. The predicted molar refractivity (Wildman–Crippen MR) is 137 cm³/mol. The number of nitrogens with zero attached hydrogens (tertiary/aromatic N) is 2. The number of thioether (sulfide) groups is 1. The fourth-order valence-electron chi connectivity index (χ4n) is 3.94. The van der Waals surface area contributed by atoms with Crippen LogP contribution in [0.2, 0.25) is 0 Å². The van der Waals surface area contributed by atoms with Gasteiger partial charge in [0.2, 0.25) is 5.91 Å². The molecule has 1 N–H and O–H groups in total. The van der Waals surface area contributed by atoms with Crippen LogP contribution in [0.3, 0.4) is 0 Å². The first-order chi connectivity index (χ1) is 17.6. The van der Waals surface area contributed by atoms with Crippen LogP contribution >= 0.6 is 11.8 Å². The third kappa shape index (κ3) is 5.21. The van der Waals surface area contributed by atoms with Crippen LogP contribution in [0.15, 0.2) is 88.5 Å². The molecule has 4 aromatic rings. The van der Waals surface area contributed by atoms with Crippen LogP contribution in [0.4, 0.5) is 4.79 Å². The zero-order valence-electron chi connectivity index (χ0n) is 19.3. The molecule has 2 aromatic carbocycles. The average molecular weight is 502 g/mol. The standard InChI is InChI=1S/C27H23N3O5S/c31-25(28-16-21-9-6-13-34-21)18-29-17-19(22-10-4-5-11-23(22)29)15-24-26(32)30(27(33)36-24)12-14-35-20-7-2-1-3-8-20/h1-11,13,15,17H,12,14,16,18H2,(H,28,31)/b24-15-. The van der Waals surface area contributed by atoms with E-state index in [1.54, 1.807) is 24.5 Å². The first kappa shape index (κ1) is 23.5. The second-order valence-corrected chi connectivity index (χ2v) is 9.07. The minimum Gasteiger partial charge on any atom is -0.492 e. The Kier molecular flexibility index (Phi) is 6.90. The average Bonchev–Trinajstić information content (AvgIpc) is 3.59. The summed E-state index contributed by atoms with van der Waals surface area (Å²) in [6.07, 6.45) is 5.09. The van der Waals surface area contributed by atoms with E-state index in [0.717, 1.165) is 28.2 Å². The van der Waals surface area contributed by atoms with Crippen LogP contribution in [0.1, 0.15) is 11.3 Å². The molecule has 1 fully saturated rings. The maximum Gasteiger partial charge on any atom is 0.293 e. The summed E-state index contributed by atoms with van der Waals surface area (Å²) < 4.78 is 12.7. The minimum atomic E-state index is -0.352. The zero-order chi connectivity index (χ0) is 24.9. The van der Waals surface area contributed by atoms with E-state index < -0.39 is 0 Å². The highest BCUT2D eigenvalue weighted by molar-refractivity contribution is 8.18. The van der Waals surface area contributed by atoms with Crippen molar-refractivity contribution < 1.29 is 23.5 Å². The van der Waals surface area contributed by atoms with Gasteiger partial charge in [0.25, 0.3) is 11.1 Å². The fourth-order valence-corrected chi connectivity index (χ4v) is 4.79. The van der Waals surface area contributed by atoms with Crippen LogP contribution < -0.4 is 10.1 Å². The highest BCUT2D eigenvalue weighted by Crippen LogP contribution is 2.34. The van der Waals surface area contributed by atoms with E-state index in [9.17, 15) is 14.4 Å². The normalized spacial score (nSPS) is 14.7. The lowest BCUT2D eigenvalue weighted by molar-refractivity contribution is -0.123. The van der Waals surface area contributed by atoms with Crippen molar-refractivity contribution in [2.75, 3.05) is 13.2 Å². The summed E-state index contributed by atoms with van der Waals surface area (Å²) in [4.78, 5) is 39.5. The molecule has 1 aliphatic rings. The lowest BCUT2D eigenvalue weighted by atomic mass is 10.1. The van der Waals surface area contributed by atoms with Gasteiger partial charge in [-0.05, 0) is 48.2 Å². The van der Waals surface area contributed by atoms with Crippen LogP contribution in [0, 0.1) is 0 Å². The number of imide groups is 1. The van der Waals surface area contributed by atoms with Crippen LogP contribution in [-0.2, 0) is 22.7 Å². The van der Waals surface area contributed by atoms with E-state index in [1.165, 1.54) is 4.90 Å². The summed E-state index contributed by atoms with van der Waals surface area (Å²) in [5, 5.41) is 3.40. The molecule has 9 heteroatoms. The van der Waals surface area contributed by atoms with E-state index >= 15 is 0 Å². The summed E-state index contributed by atoms with van der Waals surface area (Å²) in [5.74, 6) is 0.833. The first-order valence-corrected chi connectivity index (χ1v) is 12.2. The van der Waals surface area contributed by atoms with Crippen LogP contribution in [0.5, 0.6) is 5.75 Å². The zero-order valence-corrected chi connectivity index (χ0v) is 20.1. The molecule has 8 nitrogen and oxygen atoms in total. The molecule has 2 aromatic heterocycles. The number of hydrogen-bond acceptors (Lipinski definition) is 6. The minimum absolute atomic E-state index is 0.105. The number of aromatic nitrogens is 1. The Morgan fingerprint density at radius 1 is 1.03 bits per heavy atom. The third-order valence-electron chi connectivity index (χ3n) is 5.66. The maximum atomic E-state index is 13.0. The molecule has 182 valence electrons. The molecular weight excluding hydrogens is 478 g/mol. The fraction of sp³-hybridized carbons (Fsp3) is 0.148. The number of nitrogens with one attached hydrogen (secondary N) is 1. The molecule has 0 bridgehead atoms. The van der Waals surface area contributed by atoms with Crippen molar-refractivity contribution in [3.63, 3.8) is 0 Å². The third-order valence-corrected chi connectivity index (χ3v) is 6.57. The number of para-hydroxylation sites is 2. The predicted octanol–water partition coefficient (Wildman–Crippen LogP) is 4.67. The first-order valence-electron chi connectivity index (χ1n) is 11.4. The summed E-state index contributed by atoms with van der Waals surface area (Å²) in [6, 6.07) is 20.4. The molecule has 3 heterocycles. The number of rotatable bonds is 9. The molecule has 1 aliphatic heterocycles. The number of benzene rings is 2. The van der Waals surface area contributed by atoms with Gasteiger partial charge in [0.15, 0.2) is 0 Å². The van der Waals surface area contributed by atoms with Gasteiger partial charge in [-0.3, -0.25) is 19.3 Å². The summed E-state index contributed by atoms with van der Waals surface area (Å²) in [6.45, 7) is 0.780.